The second-order valence-electron chi connectivity index (χ2n) is 6.20. The zero-order chi connectivity index (χ0) is 17.9. The van der Waals surface area contributed by atoms with Crippen LogP contribution in [0.5, 0.6) is 0 Å². The van der Waals surface area contributed by atoms with Gasteiger partial charge in [-0.05, 0) is 42.7 Å². The first-order valence-corrected chi connectivity index (χ1v) is 8.35. The van der Waals surface area contributed by atoms with Gasteiger partial charge < -0.3 is 0 Å². The summed E-state index contributed by atoms with van der Waals surface area (Å²) in [5.41, 5.74) is 2.71. The molecule has 3 aromatic heterocycles. The highest BCUT2D eigenvalue weighted by molar-refractivity contribution is 5.96. The monoisotopic (exact) mass is 349 g/mol. The smallest absolute Gasteiger partial charge is 0.231 e. The van der Waals surface area contributed by atoms with Crippen molar-refractivity contribution in [2.75, 3.05) is 11.4 Å². The molecule has 130 valence electrons. The number of hydrogen-bond donors (Lipinski definition) is 0. The quantitative estimate of drug-likeness (QED) is 0.677. The lowest BCUT2D eigenvalue weighted by Crippen LogP contribution is -2.28. The second-order valence-corrected chi connectivity index (χ2v) is 6.20. The number of carbonyl (C=O) groups is 1. The largest absolute Gasteiger partial charge is 0.297 e. The van der Waals surface area contributed by atoms with Crippen molar-refractivity contribution in [3.8, 4) is 11.1 Å². The number of nitrogens with zero attached hydrogens (tertiary/aromatic N) is 5. The minimum atomic E-state index is -0.512. The van der Waals surface area contributed by atoms with Gasteiger partial charge >= 0.3 is 0 Å². The van der Waals surface area contributed by atoms with Crippen LogP contribution >= 0.6 is 0 Å². The maximum absolute atomic E-state index is 12.9. The van der Waals surface area contributed by atoms with Crippen LogP contribution in [0.3, 0.4) is 0 Å². The normalized spacial score (nSPS) is 16.9. The Morgan fingerprint density at radius 3 is 2.58 bits per heavy atom. The predicted molar refractivity (Wildman–Crippen MR) is 93.6 cm³/mol. The number of rotatable bonds is 4. The van der Waals surface area contributed by atoms with Crippen LogP contribution in [0.15, 0.2) is 55.1 Å². The van der Waals surface area contributed by atoms with Gasteiger partial charge in [-0.15, -0.1) is 0 Å². The standard InChI is InChI=1S/C19H16FN5O/c20-17-3-1-13(10-21-17)9-14-6-8-25(19(14)26)18-4-2-15(11-22-18)16-5-7-23-24-12-16/h1-5,7,10-12,14H,6,8-9H2/t14-/m0/s1. The zero-order valence-electron chi connectivity index (χ0n) is 13.9. The van der Waals surface area contributed by atoms with Gasteiger partial charge in [0.1, 0.15) is 5.82 Å². The molecule has 0 radical (unpaired) electrons. The molecule has 0 N–H and O–H groups in total. The van der Waals surface area contributed by atoms with Crippen molar-refractivity contribution >= 4 is 11.7 Å². The van der Waals surface area contributed by atoms with Crippen LogP contribution in [0.2, 0.25) is 0 Å². The third-order valence-electron chi connectivity index (χ3n) is 4.53. The number of pyridine rings is 2. The van der Waals surface area contributed by atoms with E-state index in [1.54, 1.807) is 29.6 Å². The lowest BCUT2D eigenvalue weighted by molar-refractivity contribution is -0.120. The molecule has 1 saturated heterocycles. The van der Waals surface area contributed by atoms with Gasteiger partial charge in [-0.1, -0.05) is 6.07 Å². The average Bonchev–Trinajstić information content (AvgIpc) is 3.05. The lowest BCUT2D eigenvalue weighted by atomic mass is 9.99. The van der Waals surface area contributed by atoms with Gasteiger partial charge in [0.15, 0.2) is 0 Å². The maximum atomic E-state index is 12.9. The summed E-state index contributed by atoms with van der Waals surface area (Å²) in [5.74, 6) is 0.0376. The molecule has 0 aliphatic carbocycles. The van der Waals surface area contributed by atoms with E-state index in [1.165, 1.54) is 12.3 Å². The summed E-state index contributed by atoms with van der Waals surface area (Å²) in [6.45, 7) is 0.626. The maximum Gasteiger partial charge on any atom is 0.231 e. The summed E-state index contributed by atoms with van der Waals surface area (Å²) in [5, 5.41) is 7.62. The van der Waals surface area contributed by atoms with Gasteiger partial charge in [0.2, 0.25) is 11.9 Å². The Labute approximate surface area is 149 Å². The molecule has 1 fully saturated rings. The van der Waals surface area contributed by atoms with Crippen LogP contribution in [0, 0.1) is 11.9 Å². The molecule has 0 unspecified atom stereocenters. The van der Waals surface area contributed by atoms with E-state index in [0.29, 0.717) is 18.8 Å². The molecule has 1 amide bonds. The summed E-state index contributed by atoms with van der Waals surface area (Å²) < 4.78 is 12.9. The Kier molecular flexibility index (Phi) is 4.35. The summed E-state index contributed by atoms with van der Waals surface area (Å²) in [7, 11) is 0. The predicted octanol–water partition coefficient (Wildman–Crippen LogP) is 2.67. The van der Waals surface area contributed by atoms with Crippen LogP contribution in [0.1, 0.15) is 12.0 Å². The molecule has 3 aromatic rings. The summed E-state index contributed by atoms with van der Waals surface area (Å²) in [6, 6.07) is 8.62. The van der Waals surface area contributed by atoms with Crippen LogP contribution in [0.25, 0.3) is 11.1 Å². The number of amides is 1. The molecule has 26 heavy (non-hydrogen) atoms. The van der Waals surface area contributed by atoms with Crippen molar-refractivity contribution in [3.05, 3.63) is 66.6 Å². The molecule has 0 bridgehead atoms. The summed E-state index contributed by atoms with van der Waals surface area (Å²) in [4.78, 5) is 22.5. The SMILES string of the molecule is O=C1[C@H](Cc2ccc(F)nc2)CCN1c1ccc(-c2ccnnc2)cn1. The Hall–Kier alpha value is -3.22. The molecule has 6 nitrogen and oxygen atoms in total. The van der Waals surface area contributed by atoms with Crippen molar-refractivity contribution in [2.24, 2.45) is 5.92 Å². The third-order valence-corrected chi connectivity index (χ3v) is 4.53. The molecule has 4 rings (SSSR count). The molecular formula is C19H16FN5O. The van der Waals surface area contributed by atoms with Gasteiger partial charge in [-0.3, -0.25) is 9.69 Å². The third kappa shape index (κ3) is 3.28. The van der Waals surface area contributed by atoms with E-state index in [9.17, 15) is 9.18 Å². The molecule has 0 spiro atoms. The first kappa shape index (κ1) is 16.3. The zero-order valence-corrected chi connectivity index (χ0v) is 13.9. The Balaban J connectivity index is 1.47. The van der Waals surface area contributed by atoms with E-state index in [4.69, 9.17) is 0 Å². The number of carbonyl (C=O) groups excluding carboxylic acids is 1. The first-order valence-electron chi connectivity index (χ1n) is 8.35. The van der Waals surface area contributed by atoms with Crippen molar-refractivity contribution in [1.29, 1.82) is 0 Å². The molecule has 1 aliphatic rings. The first-order chi connectivity index (χ1) is 12.7. The van der Waals surface area contributed by atoms with Crippen LogP contribution in [0.4, 0.5) is 10.2 Å². The van der Waals surface area contributed by atoms with Gasteiger partial charge in [0.25, 0.3) is 0 Å². The van der Waals surface area contributed by atoms with Crippen molar-refractivity contribution < 1.29 is 9.18 Å². The second kappa shape index (κ2) is 6.95. The van der Waals surface area contributed by atoms with Crippen LogP contribution < -0.4 is 4.90 Å². The van der Waals surface area contributed by atoms with Crippen LogP contribution in [-0.4, -0.2) is 32.6 Å². The molecule has 4 heterocycles. The van der Waals surface area contributed by atoms with E-state index in [0.717, 1.165) is 23.1 Å². The number of anilines is 1. The van der Waals surface area contributed by atoms with E-state index >= 15 is 0 Å². The highest BCUT2D eigenvalue weighted by Crippen LogP contribution is 2.27. The number of aromatic nitrogens is 4. The molecule has 1 aliphatic heterocycles. The van der Waals surface area contributed by atoms with Gasteiger partial charge in [0, 0.05) is 36.0 Å². The van der Waals surface area contributed by atoms with Gasteiger partial charge in [-0.2, -0.15) is 14.6 Å². The van der Waals surface area contributed by atoms with Crippen molar-refractivity contribution in [1.82, 2.24) is 20.2 Å². The minimum absolute atomic E-state index is 0.0418. The Bertz CT molecular complexity index is 899. The molecule has 1 atom stereocenters. The summed E-state index contributed by atoms with van der Waals surface area (Å²) >= 11 is 0. The van der Waals surface area contributed by atoms with E-state index in [-0.39, 0.29) is 11.8 Å². The van der Waals surface area contributed by atoms with Crippen molar-refractivity contribution in [2.45, 2.75) is 12.8 Å². The molecule has 0 saturated carbocycles. The van der Waals surface area contributed by atoms with E-state index in [1.807, 2.05) is 18.2 Å². The fraction of sp³-hybridized carbons (Fsp3) is 0.211. The Morgan fingerprint density at radius 2 is 1.88 bits per heavy atom. The molecular weight excluding hydrogens is 333 g/mol. The molecule has 0 aromatic carbocycles. The number of hydrogen-bond acceptors (Lipinski definition) is 5. The highest BCUT2D eigenvalue weighted by Gasteiger charge is 2.33. The van der Waals surface area contributed by atoms with Gasteiger partial charge in [-0.25, -0.2) is 9.97 Å². The van der Waals surface area contributed by atoms with E-state index < -0.39 is 5.95 Å². The Morgan fingerprint density at radius 1 is 1.00 bits per heavy atom. The molecule has 7 heteroatoms. The van der Waals surface area contributed by atoms with Crippen molar-refractivity contribution in [3.63, 3.8) is 0 Å². The van der Waals surface area contributed by atoms with Gasteiger partial charge in [0.05, 0.1) is 12.4 Å². The van der Waals surface area contributed by atoms with Crippen LogP contribution in [-0.2, 0) is 11.2 Å². The summed E-state index contributed by atoms with van der Waals surface area (Å²) in [6.07, 6.45) is 7.82. The fourth-order valence-electron chi connectivity index (χ4n) is 3.15. The minimum Gasteiger partial charge on any atom is -0.297 e. The highest BCUT2D eigenvalue weighted by atomic mass is 19.1. The topological polar surface area (TPSA) is 71.9 Å². The average molecular weight is 349 g/mol. The lowest BCUT2D eigenvalue weighted by Gasteiger charge is -2.16. The van der Waals surface area contributed by atoms with E-state index in [2.05, 4.69) is 20.2 Å². The fourth-order valence-corrected chi connectivity index (χ4v) is 3.15. The number of halogens is 1.